The molecule has 2 fully saturated rings. The van der Waals surface area contributed by atoms with Gasteiger partial charge in [-0.25, -0.2) is 4.79 Å². The van der Waals surface area contributed by atoms with Gasteiger partial charge in [0.25, 0.3) is 0 Å². The van der Waals surface area contributed by atoms with E-state index < -0.39 is 0 Å². The Morgan fingerprint density at radius 1 is 1.18 bits per heavy atom. The van der Waals surface area contributed by atoms with E-state index in [-0.39, 0.29) is 12.1 Å². The normalized spacial score (nSPS) is 29.7. The molecule has 3 atom stereocenters. The molecule has 1 aliphatic carbocycles. The van der Waals surface area contributed by atoms with Crippen LogP contribution in [-0.4, -0.2) is 54.4 Å². The van der Waals surface area contributed by atoms with Crippen molar-refractivity contribution >= 4 is 6.03 Å². The molecule has 0 aromatic carbocycles. The molecule has 3 unspecified atom stereocenters. The lowest BCUT2D eigenvalue weighted by Gasteiger charge is -2.36. The Bertz CT molecular complexity index is 349. The van der Waals surface area contributed by atoms with Crippen LogP contribution in [0, 0.1) is 11.8 Å². The van der Waals surface area contributed by atoms with Crippen LogP contribution in [0.2, 0.25) is 0 Å². The molecule has 1 saturated heterocycles. The zero-order chi connectivity index (χ0) is 15.9. The molecular formula is C17H33N3O2. The molecule has 1 aliphatic heterocycles. The standard InChI is InChI=1S/C17H33N3O2/c1-13(2)12-20-8-4-3-5-15(20)11-19-17(22)18-10-14-6-7-16(21)9-14/h13-16,21H,3-12H2,1-2H3,(H2,18,19,22). The molecule has 128 valence electrons. The van der Waals surface area contributed by atoms with E-state index in [0.717, 1.165) is 38.9 Å². The molecule has 2 aliphatic rings. The second-order valence-corrected chi connectivity index (χ2v) is 7.46. The predicted octanol–water partition coefficient (Wildman–Crippen LogP) is 1.96. The van der Waals surface area contributed by atoms with Gasteiger partial charge in [-0.05, 0) is 50.5 Å². The van der Waals surface area contributed by atoms with Crippen molar-refractivity contribution in [1.82, 2.24) is 15.5 Å². The van der Waals surface area contributed by atoms with Crippen molar-refractivity contribution in [3.05, 3.63) is 0 Å². The summed E-state index contributed by atoms with van der Waals surface area (Å²) in [6.07, 6.45) is 6.28. The molecule has 5 nitrogen and oxygen atoms in total. The largest absolute Gasteiger partial charge is 0.393 e. The van der Waals surface area contributed by atoms with Gasteiger partial charge in [-0.3, -0.25) is 4.90 Å². The molecule has 0 bridgehead atoms. The lowest BCUT2D eigenvalue weighted by atomic mass is 10.0. The van der Waals surface area contributed by atoms with E-state index in [1.165, 1.54) is 19.3 Å². The topological polar surface area (TPSA) is 64.6 Å². The number of carbonyl (C=O) groups is 1. The third-order valence-electron chi connectivity index (χ3n) is 4.91. The van der Waals surface area contributed by atoms with Crippen LogP contribution in [0.25, 0.3) is 0 Å². The Labute approximate surface area is 134 Å². The SMILES string of the molecule is CC(C)CN1CCCCC1CNC(=O)NCC1CCC(O)C1. The molecule has 1 saturated carbocycles. The molecular weight excluding hydrogens is 278 g/mol. The summed E-state index contributed by atoms with van der Waals surface area (Å²) in [6.45, 7) is 8.21. The van der Waals surface area contributed by atoms with Crippen LogP contribution in [0.1, 0.15) is 52.4 Å². The van der Waals surface area contributed by atoms with Crippen LogP contribution in [-0.2, 0) is 0 Å². The number of aliphatic hydroxyl groups excluding tert-OH is 1. The molecule has 22 heavy (non-hydrogen) atoms. The zero-order valence-electron chi connectivity index (χ0n) is 14.2. The van der Waals surface area contributed by atoms with Crippen molar-refractivity contribution in [2.75, 3.05) is 26.2 Å². The molecule has 2 rings (SSSR count). The maximum Gasteiger partial charge on any atom is 0.314 e. The molecule has 2 amide bonds. The summed E-state index contributed by atoms with van der Waals surface area (Å²) in [6, 6.07) is 0.423. The number of rotatable bonds is 6. The summed E-state index contributed by atoms with van der Waals surface area (Å²) in [4.78, 5) is 14.5. The first kappa shape index (κ1) is 17.5. The van der Waals surface area contributed by atoms with Crippen LogP contribution in [0.15, 0.2) is 0 Å². The highest BCUT2D eigenvalue weighted by atomic mass is 16.3. The van der Waals surface area contributed by atoms with Gasteiger partial charge in [0.2, 0.25) is 0 Å². The number of hydrogen-bond acceptors (Lipinski definition) is 3. The van der Waals surface area contributed by atoms with Crippen LogP contribution in [0.4, 0.5) is 4.79 Å². The highest BCUT2D eigenvalue weighted by Crippen LogP contribution is 2.24. The number of amides is 2. The molecule has 5 heteroatoms. The van der Waals surface area contributed by atoms with Crippen molar-refractivity contribution < 1.29 is 9.90 Å². The zero-order valence-corrected chi connectivity index (χ0v) is 14.2. The van der Waals surface area contributed by atoms with E-state index in [1.807, 2.05) is 0 Å². The summed E-state index contributed by atoms with van der Waals surface area (Å²) >= 11 is 0. The lowest BCUT2D eigenvalue weighted by Crippen LogP contribution is -2.49. The smallest absolute Gasteiger partial charge is 0.314 e. The molecule has 1 heterocycles. The predicted molar refractivity (Wildman–Crippen MR) is 88.8 cm³/mol. The molecule has 3 N–H and O–H groups in total. The monoisotopic (exact) mass is 311 g/mol. The highest BCUT2D eigenvalue weighted by molar-refractivity contribution is 5.73. The molecule has 0 spiro atoms. The molecule has 0 aromatic heterocycles. The van der Waals surface area contributed by atoms with E-state index >= 15 is 0 Å². The van der Waals surface area contributed by atoms with E-state index in [1.54, 1.807) is 0 Å². The summed E-state index contributed by atoms with van der Waals surface area (Å²) in [5.41, 5.74) is 0. The maximum atomic E-state index is 11.9. The fraction of sp³-hybridized carbons (Fsp3) is 0.941. The van der Waals surface area contributed by atoms with Crippen molar-refractivity contribution in [2.45, 2.75) is 64.5 Å². The Morgan fingerprint density at radius 2 is 1.95 bits per heavy atom. The second-order valence-electron chi connectivity index (χ2n) is 7.46. The quantitative estimate of drug-likeness (QED) is 0.702. The van der Waals surface area contributed by atoms with E-state index in [4.69, 9.17) is 0 Å². The molecule has 0 aromatic rings. The first-order valence-electron chi connectivity index (χ1n) is 8.98. The van der Waals surface area contributed by atoms with E-state index in [0.29, 0.717) is 24.4 Å². The summed E-state index contributed by atoms with van der Waals surface area (Å²) in [7, 11) is 0. The number of hydrogen-bond donors (Lipinski definition) is 3. The average Bonchev–Trinajstić information content (AvgIpc) is 2.89. The van der Waals surface area contributed by atoms with Crippen LogP contribution in [0.3, 0.4) is 0 Å². The van der Waals surface area contributed by atoms with Crippen molar-refractivity contribution in [3.8, 4) is 0 Å². The number of nitrogens with zero attached hydrogens (tertiary/aromatic N) is 1. The highest BCUT2D eigenvalue weighted by Gasteiger charge is 2.24. The van der Waals surface area contributed by atoms with Gasteiger partial charge in [0.15, 0.2) is 0 Å². The van der Waals surface area contributed by atoms with Crippen LogP contribution in [0.5, 0.6) is 0 Å². The maximum absolute atomic E-state index is 11.9. The first-order valence-corrected chi connectivity index (χ1v) is 8.98. The number of aliphatic hydroxyl groups is 1. The van der Waals surface area contributed by atoms with Gasteiger partial charge in [0.05, 0.1) is 6.10 Å². The number of likely N-dealkylation sites (tertiary alicyclic amines) is 1. The minimum atomic E-state index is -0.165. The minimum absolute atomic E-state index is 0.0588. The van der Waals surface area contributed by atoms with Gasteiger partial charge >= 0.3 is 6.03 Å². The van der Waals surface area contributed by atoms with Gasteiger partial charge < -0.3 is 15.7 Å². The van der Waals surface area contributed by atoms with Gasteiger partial charge in [-0.15, -0.1) is 0 Å². The summed E-state index contributed by atoms with van der Waals surface area (Å²) in [5.74, 6) is 1.11. The Balaban J connectivity index is 1.65. The Hall–Kier alpha value is -0.810. The van der Waals surface area contributed by atoms with Crippen molar-refractivity contribution in [1.29, 1.82) is 0 Å². The Morgan fingerprint density at radius 3 is 2.64 bits per heavy atom. The Kier molecular flexibility index (Phi) is 6.96. The van der Waals surface area contributed by atoms with Crippen molar-refractivity contribution in [2.24, 2.45) is 11.8 Å². The van der Waals surface area contributed by atoms with Gasteiger partial charge in [0, 0.05) is 25.7 Å². The number of piperidine rings is 1. The fourth-order valence-corrected chi connectivity index (χ4v) is 3.74. The number of carbonyl (C=O) groups excluding carboxylic acids is 1. The van der Waals surface area contributed by atoms with Crippen molar-refractivity contribution in [3.63, 3.8) is 0 Å². The van der Waals surface area contributed by atoms with Gasteiger partial charge in [-0.1, -0.05) is 20.3 Å². The number of urea groups is 1. The summed E-state index contributed by atoms with van der Waals surface area (Å²) < 4.78 is 0. The molecule has 0 radical (unpaired) electrons. The summed E-state index contributed by atoms with van der Waals surface area (Å²) in [5, 5.41) is 15.5. The average molecular weight is 311 g/mol. The third-order valence-corrected chi connectivity index (χ3v) is 4.91. The lowest BCUT2D eigenvalue weighted by molar-refractivity contribution is 0.130. The first-order chi connectivity index (χ1) is 10.5. The number of nitrogens with one attached hydrogen (secondary N) is 2. The minimum Gasteiger partial charge on any atom is -0.393 e. The van der Waals surface area contributed by atoms with E-state index in [9.17, 15) is 9.90 Å². The van der Waals surface area contributed by atoms with Crippen LogP contribution >= 0.6 is 0 Å². The third kappa shape index (κ3) is 5.76. The van der Waals surface area contributed by atoms with Gasteiger partial charge in [-0.2, -0.15) is 0 Å². The fourth-order valence-electron chi connectivity index (χ4n) is 3.74. The second kappa shape index (κ2) is 8.73. The van der Waals surface area contributed by atoms with E-state index in [2.05, 4.69) is 29.4 Å². The van der Waals surface area contributed by atoms with Gasteiger partial charge in [0.1, 0.15) is 0 Å². The van der Waals surface area contributed by atoms with Crippen LogP contribution < -0.4 is 10.6 Å².